The highest BCUT2D eigenvalue weighted by Crippen LogP contribution is 2.28. The molecule has 0 saturated carbocycles. The molecule has 0 unspecified atom stereocenters. The molecule has 5 nitrogen and oxygen atoms in total. The number of anilines is 1. The van der Waals surface area contributed by atoms with Crippen LogP contribution < -0.4 is 4.90 Å². The summed E-state index contributed by atoms with van der Waals surface area (Å²) in [5.41, 5.74) is 4.53. The summed E-state index contributed by atoms with van der Waals surface area (Å²) < 4.78 is 5.49. The number of hydrogen-bond acceptors (Lipinski definition) is 5. The Labute approximate surface area is 182 Å². The van der Waals surface area contributed by atoms with E-state index in [9.17, 15) is 0 Å². The third-order valence-electron chi connectivity index (χ3n) is 5.66. The van der Waals surface area contributed by atoms with Crippen molar-refractivity contribution >= 4 is 34.6 Å². The molecule has 0 N–H and O–H groups in total. The van der Waals surface area contributed by atoms with E-state index in [4.69, 9.17) is 37.9 Å². The maximum absolute atomic E-state index is 6.34. The van der Waals surface area contributed by atoms with E-state index in [1.165, 1.54) is 5.57 Å². The number of halogens is 2. The standard InChI is InChI=1S/C22H26Cl2N4O/c1-15-16(2)25-21(26-22(15)28-9-11-29-12-10-28)17-5-7-27(8-6-17)14-18-3-4-19(23)13-20(18)24/h3-5,13H,6-12,14H2,1-2H3. The number of benzene rings is 1. The Hall–Kier alpha value is -1.66. The van der Waals surface area contributed by atoms with Crippen molar-refractivity contribution < 1.29 is 4.74 Å². The number of nitrogens with zero attached hydrogens (tertiary/aromatic N) is 4. The molecule has 3 heterocycles. The lowest BCUT2D eigenvalue weighted by atomic mass is 10.1. The number of morpholine rings is 1. The first-order valence-electron chi connectivity index (χ1n) is 10.0. The molecule has 0 atom stereocenters. The van der Waals surface area contributed by atoms with E-state index >= 15 is 0 Å². The zero-order chi connectivity index (χ0) is 20.4. The minimum atomic E-state index is 0.669. The van der Waals surface area contributed by atoms with Gasteiger partial charge in [0.2, 0.25) is 0 Å². The minimum Gasteiger partial charge on any atom is -0.378 e. The molecule has 7 heteroatoms. The second kappa shape index (κ2) is 9.00. The lowest BCUT2D eigenvalue weighted by Gasteiger charge is -2.30. The van der Waals surface area contributed by atoms with Gasteiger partial charge in [0.1, 0.15) is 5.82 Å². The Morgan fingerprint density at radius 2 is 1.86 bits per heavy atom. The van der Waals surface area contributed by atoms with Gasteiger partial charge in [-0.3, -0.25) is 4.90 Å². The van der Waals surface area contributed by atoms with E-state index in [0.29, 0.717) is 5.02 Å². The monoisotopic (exact) mass is 432 g/mol. The third-order valence-corrected chi connectivity index (χ3v) is 6.25. The molecular weight excluding hydrogens is 407 g/mol. The van der Waals surface area contributed by atoms with Crippen molar-refractivity contribution in [1.29, 1.82) is 0 Å². The van der Waals surface area contributed by atoms with Gasteiger partial charge < -0.3 is 9.64 Å². The van der Waals surface area contributed by atoms with E-state index < -0.39 is 0 Å². The van der Waals surface area contributed by atoms with E-state index in [1.54, 1.807) is 6.07 Å². The highest BCUT2D eigenvalue weighted by molar-refractivity contribution is 6.35. The van der Waals surface area contributed by atoms with Gasteiger partial charge >= 0.3 is 0 Å². The van der Waals surface area contributed by atoms with Gasteiger partial charge in [-0.05, 0) is 43.5 Å². The van der Waals surface area contributed by atoms with Crippen LogP contribution in [0.15, 0.2) is 24.3 Å². The van der Waals surface area contributed by atoms with Gasteiger partial charge in [-0.15, -0.1) is 0 Å². The summed E-state index contributed by atoms with van der Waals surface area (Å²) in [6, 6.07) is 5.70. The summed E-state index contributed by atoms with van der Waals surface area (Å²) in [5, 5.41) is 1.39. The van der Waals surface area contributed by atoms with Crippen molar-refractivity contribution in [2.45, 2.75) is 26.8 Å². The first-order valence-corrected chi connectivity index (χ1v) is 10.8. The molecule has 0 amide bonds. The lowest BCUT2D eigenvalue weighted by Crippen LogP contribution is -2.37. The van der Waals surface area contributed by atoms with Crippen LogP contribution in [-0.2, 0) is 11.3 Å². The number of rotatable bonds is 4. The van der Waals surface area contributed by atoms with Gasteiger partial charge in [0, 0.05) is 54.0 Å². The summed E-state index contributed by atoms with van der Waals surface area (Å²) in [5.74, 6) is 1.91. The Morgan fingerprint density at radius 1 is 1.07 bits per heavy atom. The van der Waals surface area contributed by atoms with E-state index in [-0.39, 0.29) is 0 Å². The molecule has 1 saturated heterocycles. The second-order valence-corrected chi connectivity index (χ2v) is 8.47. The summed E-state index contributed by atoms with van der Waals surface area (Å²) in [6.07, 6.45) is 3.18. The zero-order valence-electron chi connectivity index (χ0n) is 16.9. The molecule has 154 valence electrons. The topological polar surface area (TPSA) is 41.5 Å². The van der Waals surface area contributed by atoms with Gasteiger partial charge in [0.25, 0.3) is 0 Å². The van der Waals surface area contributed by atoms with Crippen LogP contribution in [0.5, 0.6) is 0 Å². The summed E-state index contributed by atoms with van der Waals surface area (Å²) in [7, 11) is 0. The molecule has 1 aromatic carbocycles. The fourth-order valence-electron chi connectivity index (χ4n) is 3.79. The molecule has 0 aliphatic carbocycles. The maximum atomic E-state index is 6.34. The Morgan fingerprint density at radius 3 is 2.55 bits per heavy atom. The maximum Gasteiger partial charge on any atom is 0.157 e. The van der Waals surface area contributed by atoms with Gasteiger partial charge in [-0.1, -0.05) is 35.3 Å². The zero-order valence-corrected chi connectivity index (χ0v) is 18.4. The lowest BCUT2D eigenvalue weighted by molar-refractivity contribution is 0.122. The number of aromatic nitrogens is 2. The average molecular weight is 433 g/mol. The van der Waals surface area contributed by atoms with E-state index in [2.05, 4.69) is 29.7 Å². The smallest absolute Gasteiger partial charge is 0.157 e. The van der Waals surface area contributed by atoms with Crippen LogP contribution in [0.3, 0.4) is 0 Å². The Bertz CT molecular complexity index is 925. The number of hydrogen-bond donors (Lipinski definition) is 0. The van der Waals surface area contributed by atoms with Crippen LogP contribution in [-0.4, -0.2) is 54.3 Å². The van der Waals surface area contributed by atoms with Crippen LogP contribution in [0, 0.1) is 13.8 Å². The second-order valence-electron chi connectivity index (χ2n) is 7.63. The molecule has 0 radical (unpaired) electrons. The van der Waals surface area contributed by atoms with Crippen LogP contribution >= 0.6 is 23.2 Å². The number of aryl methyl sites for hydroxylation is 1. The first kappa shape index (κ1) is 20.6. The normalized spacial score (nSPS) is 18.1. The fraction of sp³-hybridized carbons (Fsp3) is 0.455. The van der Waals surface area contributed by atoms with Crippen LogP contribution in [0.4, 0.5) is 5.82 Å². The van der Waals surface area contributed by atoms with Crippen LogP contribution in [0.25, 0.3) is 5.57 Å². The molecule has 1 aromatic heterocycles. The van der Waals surface area contributed by atoms with E-state index in [0.717, 1.165) is 85.8 Å². The van der Waals surface area contributed by atoms with Crippen molar-refractivity contribution in [3.8, 4) is 0 Å². The predicted octanol–water partition coefficient (Wildman–Crippen LogP) is 4.53. The molecular formula is C22H26Cl2N4O. The molecule has 0 spiro atoms. The Kier molecular flexibility index (Phi) is 6.40. The summed E-state index contributed by atoms with van der Waals surface area (Å²) in [4.78, 5) is 14.4. The van der Waals surface area contributed by atoms with Crippen LogP contribution in [0.2, 0.25) is 10.0 Å². The largest absolute Gasteiger partial charge is 0.378 e. The quantitative estimate of drug-likeness (QED) is 0.709. The molecule has 4 rings (SSSR count). The number of ether oxygens (including phenoxy) is 1. The van der Waals surface area contributed by atoms with Crippen LogP contribution in [0.1, 0.15) is 29.1 Å². The minimum absolute atomic E-state index is 0.669. The van der Waals surface area contributed by atoms with Crippen molar-refractivity contribution in [3.05, 3.63) is 57.0 Å². The molecule has 2 aliphatic heterocycles. The molecule has 0 bridgehead atoms. The summed E-state index contributed by atoms with van der Waals surface area (Å²) in [6.45, 7) is 10.1. The van der Waals surface area contributed by atoms with Crippen molar-refractivity contribution in [2.75, 3.05) is 44.3 Å². The molecule has 1 fully saturated rings. The van der Waals surface area contributed by atoms with Gasteiger partial charge in [-0.2, -0.15) is 0 Å². The highest BCUT2D eigenvalue weighted by Gasteiger charge is 2.21. The SMILES string of the molecule is Cc1nc(C2=CCN(Cc3ccc(Cl)cc3Cl)CC2)nc(N2CCOCC2)c1C. The Balaban J connectivity index is 1.50. The van der Waals surface area contributed by atoms with Gasteiger partial charge in [0.15, 0.2) is 5.82 Å². The molecule has 2 aliphatic rings. The molecule has 29 heavy (non-hydrogen) atoms. The summed E-state index contributed by atoms with van der Waals surface area (Å²) >= 11 is 12.3. The third kappa shape index (κ3) is 4.75. The van der Waals surface area contributed by atoms with Crippen molar-refractivity contribution in [2.24, 2.45) is 0 Å². The van der Waals surface area contributed by atoms with E-state index in [1.807, 2.05) is 12.1 Å². The average Bonchev–Trinajstić information content (AvgIpc) is 2.73. The van der Waals surface area contributed by atoms with Crippen molar-refractivity contribution in [1.82, 2.24) is 14.9 Å². The van der Waals surface area contributed by atoms with Gasteiger partial charge in [0.05, 0.1) is 13.2 Å². The van der Waals surface area contributed by atoms with Gasteiger partial charge in [-0.25, -0.2) is 9.97 Å². The highest BCUT2D eigenvalue weighted by atomic mass is 35.5. The predicted molar refractivity (Wildman–Crippen MR) is 119 cm³/mol. The fourth-order valence-corrected chi connectivity index (χ4v) is 4.26. The first-order chi connectivity index (χ1) is 14.0. The molecule has 2 aromatic rings. The van der Waals surface area contributed by atoms with Crippen molar-refractivity contribution in [3.63, 3.8) is 0 Å².